The summed E-state index contributed by atoms with van der Waals surface area (Å²) in [4.78, 5) is 18.7. The molecule has 1 aromatic rings. The van der Waals surface area contributed by atoms with Gasteiger partial charge in [-0.15, -0.1) is 0 Å². The maximum absolute atomic E-state index is 10.2. The summed E-state index contributed by atoms with van der Waals surface area (Å²) in [5.74, 6) is -0.587. The summed E-state index contributed by atoms with van der Waals surface area (Å²) in [6.45, 7) is 0. The molecule has 8 heteroatoms. The van der Waals surface area contributed by atoms with Gasteiger partial charge in [0.1, 0.15) is 0 Å². The summed E-state index contributed by atoms with van der Waals surface area (Å²) >= 11 is 0. The van der Waals surface area contributed by atoms with Crippen LogP contribution in [0.15, 0.2) is 18.2 Å². The van der Waals surface area contributed by atoms with Crippen LogP contribution in [0.2, 0.25) is 0 Å². The summed E-state index contributed by atoms with van der Waals surface area (Å²) in [6.07, 6.45) is 0. The fourth-order valence-corrected chi connectivity index (χ4v) is 0.772. The van der Waals surface area contributed by atoms with Crippen molar-refractivity contribution in [1.82, 2.24) is 0 Å². The van der Waals surface area contributed by atoms with Gasteiger partial charge in [-0.05, 0) is 6.07 Å². The lowest BCUT2D eigenvalue weighted by Gasteiger charge is -1.94. The van der Waals surface area contributed by atoms with Gasteiger partial charge in [-0.1, -0.05) is 0 Å². The maximum Gasteiger partial charge on any atom is 0.317 e. The van der Waals surface area contributed by atoms with Crippen LogP contribution in [-0.4, -0.2) is 20.4 Å². The Morgan fingerprint density at radius 3 is 2.14 bits per heavy atom. The number of phenols is 1. The highest BCUT2D eigenvalue weighted by molar-refractivity contribution is 5.52. The van der Waals surface area contributed by atoms with Gasteiger partial charge in [0.05, 0.1) is 15.9 Å². The number of hydrogen-bond acceptors (Lipinski definition) is 5. The molecule has 76 valence electrons. The number of benzene rings is 1. The van der Waals surface area contributed by atoms with Crippen LogP contribution in [0, 0.1) is 20.2 Å². The molecular formula is C6H6N2O6. The minimum Gasteiger partial charge on any atom is -0.502 e. The van der Waals surface area contributed by atoms with E-state index in [4.69, 9.17) is 5.11 Å². The van der Waals surface area contributed by atoms with E-state index in [2.05, 4.69) is 0 Å². The van der Waals surface area contributed by atoms with Crippen LogP contribution in [0.25, 0.3) is 0 Å². The highest BCUT2D eigenvalue weighted by atomic mass is 16.6. The van der Waals surface area contributed by atoms with E-state index in [0.717, 1.165) is 12.1 Å². The molecule has 14 heavy (non-hydrogen) atoms. The summed E-state index contributed by atoms with van der Waals surface area (Å²) in [5.41, 5.74) is -1.10. The van der Waals surface area contributed by atoms with Crippen LogP contribution < -0.4 is 0 Å². The zero-order chi connectivity index (χ0) is 10.0. The molecule has 0 aromatic heterocycles. The van der Waals surface area contributed by atoms with Crippen molar-refractivity contribution >= 4 is 11.4 Å². The topological polar surface area (TPSA) is 138 Å². The molecule has 1 rings (SSSR count). The van der Waals surface area contributed by atoms with Gasteiger partial charge in [-0.2, -0.15) is 0 Å². The first-order valence-electron chi connectivity index (χ1n) is 3.14. The number of hydrogen-bond donors (Lipinski definition) is 1. The molecule has 0 aliphatic rings. The lowest BCUT2D eigenvalue weighted by atomic mass is 10.2. The zero-order valence-corrected chi connectivity index (χ0v) is 6.71. The third-order valence-electron chi connectivity index (χ3n) is 1.37. The molecule has 0 unspecified atom stereocenters. The molecule has 1 aromatic carbocycles. The predicted octanol–water partition coefficient (Wildman–Crippen LogP) is 0.384. The van der Waals surface area contributed by atoms with Gasteiger partial charge >= 0.3 is 5.69 Å². The first-order chi connectivity index (χ1) is 6.02. The van der Waals surface area contributed by atoms with Crippen molar-refractivity contribution in [2.24, 2.45) is 0 Å². The van der Waals surface area contributed by atoms with E-state index < -0.39 is 27.0 Å². The van der Waals surface area contributed by atoms with Crippen LogP contribution in [0.3, 0.4) is 0 Å². The second kappa shape index (κ2) is 4.14. The number of phenolic OH excluding ortho intramolecular Hbond substituents is 1. The van der Waals surface area contributed by atoms with Gasteiger partial charge in [0.15, 0.2) is 5.75 Å². The quantitative estimate of drug-likeness (QED) is 0.545. The molecule has 0 heterocycles. The van der Waals surface area contributed by atoms with Crippen LogP contribution in [-0.2, 0) is 0 Å². The van der Waals surface area contributed by atoms with Crippen molar-refractivity contribution in [3.63, 3.8) is 0 Å². The molecule has 0 fully saturated rings. The molecule has 0 atom stereocenters. The van der Waals surface area contributed by atoms with Gasteiger partial charge in [0.2, 0.25) is 0 Å². The summed E-state index contributed by atoms with van der Waals surface area (Å²) in [6, 6.07) is 2.61. The Balaban J connectivity index is 0.00000169. The number of non-ortho nitro benzene ring substituents is 1. The Labute approximate surface area is 77.0 Å². The largest absolute Gasteiger partial charge is 0.502 e. The maximum atomic E-state index is 10.2. The molecule has 8 nitrogen and oxygen atoms in total. The predicted molar refractivity (Wildman–Crippen MR) is 45.0 cm³/mol. The highest BCUT2D eigenvalue weighted by Crippen LogP contribution is 2.29. The Morgan fingerprint density at radius 1 is 1.14 bits per heavy atom. The molecule has 3 N–H and O–H groups in total. The SMILES string of the molecule is O.O=[N+]([O-])c1ccc(O)c([N+](=O)[O-])c1. The Kier molecular flexibility index (Phi) is 3.48. The third kappa shape index (κ3) is 2.14. The lowest BCUT2D eigenvalue weighted by Crippen LogP contribution is -1.92. The van der Waals surface area contributed by atoms with Crippen LogP contribution in [0.1, 0.15) is 0 Å². The number of rotatable bonds is 2. The number of aromatic hydroxyl groups is 1. The fraction of sp³-hybridized carbons (Fsp3) is 0. The first kappa shape index (κ1) is 11.8. The number of nitrogens with zero attached hydrogens (tertiary/aromatic N) is 2. The van der Waals surface area contributed by atoms with Gasteiger partial charge in [-0.3, -0.25) is 20.2 Å². The fourth-order valence-electron chi connectivity index (χ4n) is 0.772. The standard InChI is InChI=1S/C6H4N2O5.H2O/c9-6-2-1-4(7(10)11)3-5(6)8(12)13;/h1-3,9H;1H2. The van der Waals surface area contributed by atoms with Crippen molar-refractivity contribution in [1.29, 1.82) is 0 Å². The van der Waals surface area contributed by atoms with Crippen LogP contribution in [0.5, 0.6) is 5.75 Å². The molecule has 0 radical (unpaired) electrons. The first-order valence-corrected chi connectivity index (χ1v) is 3.14. The average molecular weight is 202 g/mol. The second-order valence-corrected chi connectivity index (χ2v) is 2.19. The van der Waals surface area contributed by atoms with Gasteiger partial charge in [0, 0.05) is 6.07 Å². The Morgan fingerprint density at radius 2 is 1.71 bits per heavy atom. The van der Waals surface area contributed by atoms with E-state index in [0.29, 0.717) is 6.07 Å². The van der Waals surface area contributed by atoms with Gasteiger partial charge < -0.3 is 10.6 Å². The smallest absolute Gasteiger partial charge is 0.317 e. The van der Waals surface area contributed by atoms with E-state index in [-0.39, 0.29) is 5.48 Å². The molecule has 0 saturated carbocycles. The molecule has 0 aliphatic carbocycles. The molecule has 0 amide bonds. The average Bonchev–Trinajstić information content (AvgIpc) is 2.04. The normalized spacial score (nSPS) is 8.86. The minimum absolute atomic E-state index is 0. The van der Waals surface area contributed by atoms with E-state index in [1.54, 1.807) is 0 Å². The Hall–Kier alpha value is -2.22. The molecule has 0 saturated heterocycles. The van der Waals surface area contributed by atoms with Crippen LogP contribution >= 0.6 is 0 Å². The van der Waals surface area contributed by atoms with Crippen molar-refractivity contribution in [2.75, 3.05) is 0 Å². The van der Waals surface area contributed by atoms with E-state index in [1.165, 1.54) is 0 Å². The third-order valence-corrected chi connectivity index (χ3v) is 1.37. The lowest BCUT2D eigenvalue weighted by molar-refractivity contribution is -0.394. The number of nitro groups is 2. The van der Waals surface area contributed by atoms with E-state index in [9.17, 15) is 20.2 Å². The van der Waals surface area contributed by atoms with Gasteiger partial charge in [0.25, 0.3) is 5.69 Å². The van der Waals surface area contributed by atoms with E-state index >= 15 is 0 Å². The molecule has 0 aliphatic heterocycles. The van der Waals surface area contributed by atoms with Crippen molar-refractivity contribution in [3.05, 3.63) is 38.4 Å². The van der Waals surface area contributed by atoms with Crippen molar-refractivity contribution < 1.29 is 20.4 Å². The zero-order valence-electron chi connectivity index (χ0n) is 6.71. The van der Waals surface area contributed by atoms with Crippen molar-refractivity contribution in [2.45, 2.75) is 0 Å². The Bertz CT molecular complexity index is 377. The van der Waals surface area contributed by atoms with E-state index in [1.807, 2.05) is 0 Å². The van der Waals surface area contributed by atoms with Crippen molar-refractivity contribution in [3.8, 4) is 5.75 Å². The highest BCUT2D eigenvalue weighted by Gasteiger charge is 2.18. The summed E-state index contributed by atoms with van der Waals surface area (Å²) in [7, 11) is 0. The number of nitro benzene ring substituents is 2. The summed E-state index contributed by atoms with van der Waals surface area (Å²) < 4.78 is 0. The monoisotopic (exact) mass is 202 g/mol. The molecule has 0 spiro atoms. The second-order valence-electron chi connectivity index (χ2n) is 2.19. The summed E-state index contributed by atoms with van der Waals surface area (Å²) in [5, 5.41) is 29.3. The van der Waals surface area contributed by atoms with Crippen LogP contribution in [0.4, 0.5) is 11.4 Å². The molecular weight excluding hydrogens is 196 g/mol. The molecule has 0 bridgehead atoms. The minimum atomic E-state index is -0.887. The van der Waals surface area contributed by atoms with Gasteiger partial charge in [-0.25, -0.2) is 0 Å².